The summed E-state index contributed by atoms with van der Waals surface area (Å²) in [5.74, 6) is -0.199. The molecule has 2 rings (SSSR count). The molecule has 0 aromatic heterocycles. The third-order valence-electron chi connectivity index (χ3n) is 5.13. The number of carbonyl (C=O) groups is 3. The topological polar surface area (TPSA) is 117 Å². The van der Waals surface area contributed by atoms with Gasteiger partial charge in [0.2, 0.25) is 5.91 Å². The number of alkyl carbamates (subject to hydrolysis) is 1. The van der Waals surface area contributed by atoms with E-state index in [0.29, 0.717) is 17.7 Å². The summed E-state index contributed by atoms with van der Waals surface area (Å²) >= 11 is 0. The fourth-order valence-corrected chi connectivity index (χ4v) is 3.45. The van der Waals surface area contributed by atoms with E-state index in [0.717, 1.165) is 24.8 Å². The molecule has 1 unspecified atom stereocenters. The maximum atomic E-state index is 12.3. The lowest BCUT2D eigenvalue weighted by Gasteiger charge is -2.19. The van der Waals surface area contributed by atoms with Crippen LogP contribution < -0.4 is 16.0 Å². The number of ether oxygens (including phenoxy) is 1. The minimum absolute atomic E-state index is 0.0310. The van der Waals surface area contributed by atoms with Gasteiger partial charge in [0.15, 0.2) is 0 Å². The van der Waals surface area contributed by atoms with Crippen molar-refractivity contribution >= 4 is 23.6 Å². The minimum atomic E-state index is -0.599. The molecule has 0 saturated carbocycles. The van der Waals surface area contributed by atoms with Crippen molar-refractivity contribution in [3.8, 4) is 5.75 Å². The second-order valence-electron chi connectivity index (χ2n) is 9.55. The molecule has 0 aliphatic heterocycles. The van der Waals surface area contributed by atoms with Gasteiger partial charge in [-0.15, -0.1) is 0 Å². The molecule has 2 aromatic carbocycles. The fourth-order valence-electron chi connectivity index (χ4n) is 3.45. The van der Waals surface area contributed by atoms with Crippen LogP contribution in [0.3, 0.4) is 0 Å². The Bertz CT molecular complexity index is 986. The number of phenolic OH excluding ortho intramolecular Hbond substituents is 1. The smallest absolute Gasteiger partial charge is 0.407 e. The number of amides is 3. The molecule has 190 valence electrons. The zero-order valence-electron chi connectivity index (χ0n) is 21.0. The molecule has 2 aromatic rings. The molecule has 0 radical (unpaired) electrons. The van der Waals surface area contributed by atoms with E-state index >= 15 is 0 Å². The van der Waals surface area contributed by atoms with Gasteiger partial charge < -0.3 is 25.8 Å². The average Bonchev–Trinajstić information content (AvgIpc) is 2.77. The van der Waals surface area contributed by atoms with Gasteiger partial charge in [0.1, 0.15) is 11.4 Å². The van der Waals surface area contributed by atoms with E-state index in [1.807, 2.05) is 25.1 Å². The first kappa shape index (κ1) is 27.7. The molecule has 0 saturated heterocycles. The molecule has 0 aliphatic carbocycles. The van der Waals surface area contributed by atoms with Gasteiger partial charge in [-0.3, -0.25) is 9.59 Å². The number of aromatic hydroxyl groups is 1. The average molecular weight is 484 g/mol. The Morgan fingerprint density at radius 3 is 2.43 bits per heavy atom. The first-order valence-electron chi connectivity index (χ1n) is 12.0. The molecule has 1 atom stereocenters. The second-order valence-corrected chi connectivity index (χ2v) is 9.55. The number of anilines is 1. The summed E-state index contributed by atoms with van der Waals surface area (Å²) in [7, 11) is 0. The lowest BCUT2D eigenvalue weighted by Crippen LogP contribution is -2.34. The highest BCUT2D eigenvalue weighted by molar-refractivity contribution is 5.94. The van der Waals surface area contributed by atoms with Crippen molar-refractivity contribution in [2.24, 2.45) is 0 Å². The predicted molar refractivity (Wildman–Crippen MR) is 137 cm³/mol. The van der Waals surface area contributed by atoms with Gasteiger partial charge in [-0.25, -0.2) is 4.79 Å². The number of carbonyl (C=O) groups excluding carboxylic acids is 3. The van der Waals surface area contributed by atoms with Gasteiger partial charge in [-0.2, -0.15) is 0 Å². The Hall–Kier alpha value is -3.55. The molecule has 0 fully saturated rings. The Morgan fingerprint density at radius 2 is 1.74 bits per heavy atom. The van der Waals surface area contributed by atoms with Crippen molar-refractivity contribution in [1.82, 2.24) is 10.6 Å². The molecule has 4 N–H and O–H groups in total. The Labute approximate surface area is 207 Å². The van der Waals surface area contributed by atoms with E-state index < -0.39 is 11.7 Å². The van der Waals surface area contributed by atoms with Crippen LogP contribution in [0.1, 0.15) is 69.3 Å². The van der Waals surface area contributed by atoms with E-state index in [4.69, 9.17) is 4.74 Å². The zero-order chi connectivity index (χ0) is 25.8. The number of nitrogens with one attached hydrogen (secondary N) is 3. The second kappa shape index (κ2) is 13.4. The molecular weight excluding hydrogens is 446 g/mol. The number of rotatable bonds is 11. The van der Waals surface area contributed by atoms with E-state index in [2.05, 4.69) is 16.0 Å². The third kappa shape index (κ3) is 10.9. The molecule has 8 heteroatoms. The number of benzene rings is 2. The van der Waals surface area contributed by atoms with Crippen molar-refractivity contribution < 1.29 is 24.2 Å². The van der Waals surface area contributed by atoms with Crippen molar-refractivity contribution in [1.29, 1.82) is 0 Å². The highest BCUT2D eigenvalue weighted by Crippen LogP contribution is 2.24. The van der Waals surface area contributed by atoms with E-state index in [-0.39, 0.29) is 36.6 Å². The number of unbranched alkanes of at least 4 members (excludes halogenated alkanes) is 1. The van der Waals surface area contributed by atoms with Crippen molar-refractivity contribution in [2.75, 3.05) is 11.9 Å². The summed E-state index contributed by atoms with van der Waals surface area (Å²) in [4.78, 5) is 36.3. The molecule has 35 heavy (non-hydrogen) atoms. The number of hydrogen-bond acceptors (Lipinski definition) is 5. The molecule has 0 heterocycles. The minimum Gasteiger partial charge on any atom is -0.508 e. The van der Waals surface area contributed by atoms with Crippen LogP contribution in [-0.4, -0.2) is 41.2 Å². The Morgan fingerprint density at radius 1 is 1.03 bits per heavy atom. The normalized spacial score (nSPS) is 11.9. The van der Waals surface area contributed by atoms with E-state index in [1.165, 1.54) is 6.07 Å². The van der Waals surface area contributed by atoms with Gasteiger partial charge in [0, 0.05) is 30.3 Å². The molecule has 0 spiro atoms. The van der Waals surface area contributed by atoms with Crippen LogP contribution in [0.2, 0.25) is 0 Å². The zero-order valence-corrected chi connectivity index (χ0v) is 21.0. The summed E-state index contributed by atoms with van der Waals surface area (Å²) in [5.41, 5.74) is 1.51. The van der Waals surface area contributed by atoms with Crippen molar-refractivity contribution in [3.05, 3.63) is 59.7 Å². The monoisotopic (exact) mass is 483 g/mol. The predicted octanol–water partition coefficient (Wildman–Crippen LogP) is 4.78. The lowest BCUT2D eigenvalue weighted by atomic mass is 10.0. The lowest BCUT2D eigenvalue weighted by molar-refractivity contribution is -0.116. The van der Waals surface area contributed by atoms with Gasteiger partial charge in [-0.1, -0.05) is 24.6 Å². The molecule has 0 aliphatic rings. The molecular formula is C27H37N3O5. The van der Waals surface area contributed by atoms with Gasteiger partial charge in [-0.05, 0) is 82.9 Å². The quantitative estimate of drug-likeness (QED) is 0.271. The van der Waals surface area contributed by atoms with Crippen LogP contribution in [0.15, 0.2) is 48.5 Å². The van der Waals surface area contributed by atoms with E-state index in [1.54, 1.807) is 45.0 Å². The fraction of sp³-hybridized carbons (Fsp3) is 0.444. The number of hydrogen-bond donors (Lipinski definition) is 4. The molecule has 3 amide bonds. The first-order chi connectivity index (χ1) is 16.5. The number of phenols is 1. The Kier molecular flexibility index (Phi) is 10.6. The van der Waals surface area contributed by atoms with Crippen LogP contribution in [0, 0.1) is 0 Å². The SMILES string of the molecule is CC(CCCCc1cc(O)ccc1NC(=O)CCNC(=O)OC(C)(C)C)NC(=O)c1ccccc1. The summed E-state index contributed by atoms with van der Waals surface area (Å²) in [6.45, 7) is 7.44. The van der Waals surface area contributed by atoms with Crippen LogP contribution >= 0.6 is 0 Å². The van der Waals surface area contributed by atoms with Crippen LogP contribution in [0.5, 0.6) is 5.75 Å². The maximum Gasteiger partial charge on any atom is 0.407 e. The first-order valence-corrected chi connectivity index (χ1v) is 12.0. The largest absolute Gasteiger partial charge is 0.508 e. The third-order valence-corrected chi connectivity index (χ3v) is 5.13. The standard InChI is InChI=1S/C27H37N3O5/c1-19(29-25(33)20-11-6-5-7-12-20)10-8-9-13-21-18-22(31)14-15-23(21)30-24(32)16-17-28-26(34)35-27(2,3)4/h5-7,11-12,14-15,18-19,31H,8-10,13,16-17H2,1-4H3,(H,28,34)(H,29,33)(H,30,32). The maximum absolute atomic E-state index is 12.3. The number of aryl methyl sites for hydroxylation is 1. The highest BCUT2D eigenvalue weighted by atomic mass is 16.6. The summed E-state index contributed by atoms with van der Waals surface area (Å²) in [6.07, 6.45) is 2.72. The molecule has 0 bridgehead atoms. The summed E-state index contributed by atoms with van der Waals surface area (Å²) in [6, 6.07) is 14.0. The van der Waals surface area contributed by atoms with Gasteiger partial charge in [0.25, 0.3) is 5.91 Å². The summed E-state index contributed by atoms with van der Waals surface area (Å²) < 4.78 is 5.15. The molecule has 8 nitrogen and oxygen atoms in total. The van der Waals surface area contributed by atoms with Crippen LogP contribution in [-0.2, 0) is 16.0 Å². The van der Waals surface area contributed by atoms with Crippen LogP contribution in [0.4, 0.5) is 10.5 Å². The highest BCUT2D eigenvalue weighted by Gasteiger charge is 2.16. The Balaban J connectivity index is 1.77. The van der Waals surface area contributed by atoms with Gasteiger partial charge >= 0.3 is 6.09 Å². The van der Waals surface area contributed by atoms with Crippen molar-refractivity contribution in [3.63, 3.8) is 0 Å². The van der Waals surface area contributed by atoms with Crippen LogP contribution in [0.25, 0.3) is 0 Å². The summed E-state index contributed by atoms with van der Waals surface area (Å²) in [5, 5.41) is 18.3. The van der Waals surface area contributed by atoms with E-state index in [9.17, 15) is 19.5 Å². The van der Waals surface area contributed by atoms with Crippen molar-refractivity contribution in [2.45, 2.75) is 71.4 Å². The van der Waals surface area contributed by atoms with Gasteiger partial charge in [0.05, 0.1) is 0 Å².